The van der Waals surface area contributed by atoms with E-state index in [2.05, 4.69) is 15.3 Å². The molecule has 3 aromatic rings. The Bertz CT molecular complexity index is 943. The zero-order valence-electron chi connectivity index (χ0n) is 15.6. The Balaban J connectivity index is 1.84. The van der Waals surface area contributed by atoms with Gasteiger partial charge < -0.3 is 15.0 Å². The van der Waals surface area contributed by atoms with Gasteiger partial charge in [0, 0.05) is 30.1 Å². The third-order valence-electron chi connectivity index (χ3n) is 4.10. The number of hydrogen-bond acceptors (Lipinski definition) is 5. The van der Waals surface area contributed by atoms with E-state index in [1.54, 1.807) is 18.1 Å². The number of nitrogens with zero attached hydrogens (tertiary/aromatic N) is 3. The van der Waals surface area contributed by atoms with Crippen molar-refractivity contribution < 1.29 is 9.53 Å². The van der Waals surface area contributed by atoms with Crippen LogP contribution in [0.4, 0.5) is 17.2 Å². The minimum absolute atomic E-state index is 0.167. The molecule has 0 saturated heterocycles. The molecule has 0 spiro atoms. The van der Waals surface area contributed by atoms with Crippen LogP contribution in [0.3, 0.4) is 0 Å². The molecule has 1 N–H and O–H groups in total. The molecule has 0 radical (unpaired) electrons. The van der Waals surface area contributed by atoms with E-state index in [0.29, 0.717) is 18.1 Å². The summed E-state index contributed by atoms with van der Waals surface area (Å²) in [4.78, 5) is 23.1. The zero-order valence-corrected chi connectivity index (χ0v) is 15.6. The van der Waals surface area contributed by atoms with E-state index in [9.17, 15) is 4.79 Å². The SMILES string of the molecule is CCN(C(=O)c1cc(Nc2cccc(OC)c2)ncn1)c1cccc(C)c1. The Morgan fingerprint density at radius 2 is 1.93 bits per heavy atom. The lowest BCUT2D eigenvalue weighted by Crippen LogP contribution is -2.31. The van der Waals surface area contributed by atoms with Gasteiger partial charge in [-0.2, -0.15) is 0 Å². The van der Waals surface area contributed by atoms with Gasteiger partial charge in [0.1, 0.15) is 23.6 Å². The van der Waals surface area contributed by atoms with Crippen LogP contribution in [0.15, 0.2) is 60.9 Å². The average Bonchev–Trinajstić information content (AvgIpc) is 2.69. The second-order valence-electron chi connectivity index (χ2n) is 6.03. The van der Waals surface area contributed by atoms with Crippen molar-refractivity contribution in [3.63, 3.8) is 0 Å². The highest BCUT2D eigenvalue weighted by Gasteiger charge is 2.18. The average molecular weight is 362 g/mol. The molecule has 0 aliphatic rings. The van der Waals surface area contributed by atoms with Crippen LogP contribution < -0.4 is 15.0 Å². The number of amides is 1. The Kier molecular flexibility index (Phi) is 5.66. The van der Waals surface area contributed by atoms with Crippen molar-refractivity contribution in [1.29, 1.82) is 0 Å². The largest absolute Gasteiger partial charge is 0.497 e. The molecule has 1 heterocycles. The fourth-order valence-electron chi connectivity index (χ4n) is 2.77. The molecule has 2 aromatic carbocycles. The predicted molar refractivity (Wildman–Crippen MR) is 107 cm³/mol. The smallest absolute Gasteiger partial charge is 0.277 e. The van der Waals surface area contributed by atoms with E-state index in [4.69, 9.17) is 4.74 Å². The number of aromatic nitrogens is 2. The quantitative estimate of drug-likeness (QED) is 0.712. The number of anilines is 3. The number of aryl methyl sites for hydroxylation is 1. The number of nitrogens with one attached hydrogen (secondary N) is 1. The zero-order chi connectivity index (χ0) is 19.2. The predicted octanol–water partition coefficient (Wildman–Crippen LogP) is 4.20. The van der Waals surface area contributed by atoms with E-state index in [1.807, 2.05) is 62.4 Å². The van der Waals surface area contributed by atoms with Gasteiger partial charge in [0.05, 0.1) is 7.11 Å². The molecule has 0 atom stereocenters. The summed E-state index contributed by atoms with van der Waals surface area (Å²) in [6.07, 6.45) is 1.39. The Morgan fingerprint density at radius 3 is 2.67 bits per heavy atom. The summed E-state index contributed by atoms with van der Waals surface area (Å²) in [5.41, 5.74) is 3.10. The maximum Gasteiger partial charge on any atom is 0.277 e. The van der Waals surface area contributed by atoms with Gasteiger partial charge in [-0.3, -0.25) is 4.79 Å². The summed E-state index contributed by atoms with van der Waals surface area (Å²) in [5.74, 6) is 1.11. The van der Waals surface area contributed by atoms with Gasteiger partial charge in [0.15, 0.2) is 0 Å². The molecule has 0 aliphatic carbocycles. The van der Waals surface area contributed by atoms with E-state index in [0.717, 1.165) is 22.7 Å². The topological polar surface area (TPSA) is 67.4 Å². The molecule has 0 fully saturated rings. The highest BCUT2D eigenvalue weighted by Crippen LogP contribution is 2.22. The lowest BCUT2D eigenvalue weighted by molar-refractivity contribution is 0.0983. The molecule has 0 bridgehead atoms. The third-order valence-corrected chi connectivity index (χ3v) is 4.10. The van der Waals surface area contributed by atoms with Crippen molar-refractivity contribution in [2.45, 2.75) is 13.8 Å². The van der Waals surface area contributed by atoms with Crippen LogP contribution >= 0.6 is 0 Å². The number of benzene rings is 2. The lowest BCUT2D eigenvalue weighted by atomic mass is 10.2. The molecular formula is C21H22N4O2. The van der Waals surface area contributed by atoms with Crippen molar-refractivity contribution >= 4 is 23.1 Å². The molecule has 6 nitrogen and oxygen atoms in total. The molecule has 0 saturated carbocycles. The van der Waals surface area contributed by atoms with E-state index in [1.165, 1.54) is 6.33 Å². The molecule has 6 heteroatoms. The number of ether oxygens (including phenoxy) is 1. The van der Waals surface area contributed by atoms with E-state index < -0.39 is 0 Å². The summed E-state index contributed by atoms with van der Waals surface area (Å²) < 4.78 is 5.23. The first-order valence-electron chi connectivity index (χ1n) is 8.72. The second kappa shape index (κ2) is 8.31. The van der Waals surface area contributed by atoms with Gasteiger partial charge in [-0.15, -0.1) is 0 Å². The highest BCUT2D eigenvalue weighted by molar-refractivity contribution is 6.05. The van der Waals surface area contributed by atoms with Gasteiger partial charge in [0.25, 0.3) is 5.91 Å². The molecule has 0 unspecified atom stereocenters. The normalized spacial score (nSPS) is 10.3. The maximum atomic E-state index is 13.0. The van der Waals surface area contributed by atoms with Crippen LogP contribution in [0.2, 0.25) is 0 Å². The van der Waals surface area contributed by atoms with E-state index >= 15 is 0 Å². The van der Waals surface area contributed by atoms with Crippen molar-refractivity contribution in [2.75, 3.05) is 23.9 Å². The number of carbonyl (C=O) groups excluding carboxylic acids is 1. The van der Waals surface area contributed by atoms with Crippen molar-refractivity contribution in [1.82, 2.24) is 9.97 Å². The summed E-state index contributed by atoms with van der Waals surface area (Å²) in [5, 5.41) is 3.18. The second-order valence-corrected chi connectivity index (χ2v) is 6.03. The van der Waals surface area contributed by atoms with Gasteiger partial charge in [-0.05, 0) is 43.7 Å². The number of methoxy groups -OCH3 is 1. The molecule has 27 heavy (non-hydrogen) atoms. The first kappa shape index (κ1) is 18.4. The number of hydrogen-bond donors (Lipinski definition) is 1. The van der Waals surface area contributed by atoms with Gasteiger partial charge >= 0.3 is 0 Å². The first-order valence-corrected chi connectivity index (χ1v) is 8.72. The Morgan fingerprint density at radius 1 is 1.11 bits per heavy atom. The summed E-state index contributed by atoms with van der Waals surface area (Å²) >= 11 is 0. The molecule has 1 amide bonds. The summed E-state index contributed by atoms with van der Waals surface area (Å²) in [6.45, 7) is 4.49. The fourth-order valence-corrected chi connectivity index (χ4v) is 2.77. The lowest BCUT2D eigenvalue weighted by Gasteiger charge is -2.21. The first-order chi connectivity index (χ1) is 13.1. The van der Waals surface area contributed by atoms with Crippen LogP contribution in [0, 0.1) is 6.92 Å². The van der Waals surface area contributed by atoms with Crippen LogP contribution in [-0.2, 0) is 0 Å². The number of carbonyl (C=O) groups is 1. The Labute approximate surface area is 158 Å². The fraction of sp³-hybridized carbons (Fsp3) is 0.190. The molecule has 138 valence electrons. The van der Waals surface area contributed by atoms with Gasteiger partial charge in [-0.1, -0.05) is 18.2 Å². The van der Waals surface area contributed by atoms with Crippen LogP contribution in [-0.4, -0.2) is 29.5 Å². The monoisotopic (exact) mass is 362 g/mol. The van der Waals surface area contributed by atoms with Crippen molar-refractivity contribution in [3.05, 3.63) is 72.2 Å². The third kappa shape index (κ3) is 4.41. The molecule has 3 rings (SSSR count). The van der Waals surface area contributed by atoms with Crippen LogP contribution in [0.5, 0.6) is 5.75 Å². The van der Waals surface area contributed by atoms with Gasteiger partial charge in [-0.25, -0.2) is 9.97 Å². The summed E-state index contributed by atoms with van der Waals surface area (Å²) in [6, 6.07) is 17.0. The van der Waals surface area contributed by atoms with Gasteiger partial charge in [0.2, 0.25) is 0 Å². The Hall–Kier alpha value is -3.41. The van der Waals surface area contributed by atoms with Crippen LogP contribution in [0.25, 0.3) is 0 Å². The minimum Gasteiger partial charge on any atom is -0.497 e. The molecule has 0 aliphatic heterocycles. The highest BCUT2D eigenvalue weighted by atomic mass is 16.5. The van der Waals surface area contributed by atoms with E-state index in [-0.39, 0.29) is 5.91 Å². The maximum absolute atomic E-state index is 13.0. The van der Waals surface area contributed by atoms with Crippen molar-refractivity contribution in [3.8, 4) is 5.75 Å². The minimum atomic E-state index is -0.167. The number of rotatable bonds is 6. The molecular weight excluding hydrogens is 340 g/mol. The van der Waals surface area contributed by atoms with Crippen molar-refractivity contribution in [2.24, 2.45) is 0 Å². The molecule has 1 aromatic heterocycles. The standard InChI is InChI=1S/C21H22N4O2/c1-4-25(17-9-5-7-15(2)11-17)21(26)19-13-20(23-14-22-19)24-16-8-6-10-18(12-16)27-3/h5-14H,4H2,1-3H3,(H,22,23,24). The van der Waals surface area contributed by atoms with Crippen LogP contribution in [0.1, 0.15) is 23.0 Å². The summed E-state index contributed by atoms with van der Waals surface area (Å²) in [7, 11) is 1.62.